The molecule has 1 N–H and O–H groups in total. The molecule has 0 radical (unpaired) electrons. The van der Waals surface area contributed by atoms with Crippen LogP contribution in [0.3, 0.4) is 0 Å². The Morgan fingerprint density at radius 2 is 2.17 bits per heavy atom. The molecule has 1 heterocycles. The molecule has 1 aromatic carbocycles. The normalized spacial score (nSPS) is 14.6. The number of fused-ring (bicyclic) bond motifs is 1. The lowest BCUT2D eigenvalue weighted by molar-refractivity contribution is -0.133. The summed E-state index contributed by atoms with van der Waals surface area (Å²) in [6.07, 6.45) is 3.32. The second-order valence-corrected chi connectivity index (χ2v) is 5.67. The summed E-state index contributed by atoms with van der Waals surface area (Å²) in [5, 5.41) is 2.79. The second-order valence-electron chi connectivity index (χ2n) is 5.67. The number of likely N-dealkylation sites (N-methyl/N-ethyl adjacent to an activating group) is 1. The zero-order valence-electron chi connectivity index (χ0n) is 13.6. The molecule has 1 aliphatic rings. The maximum Gasteiger partial charge on any atom is 0.260 e. The van der Waals surface area contributed by atoms with Crippen LogP contribution in [0.4, 0.5) is 0 Å². The Bertz CT molecular complexity index is 584. The maximum absolute atomic E-state index is 12.1. The highest BCUT2D eigenvalue weighted by atomic mass is 16.5. The van der Waals surface area contributed by atoms with Gasteiger partial charge in [-0.1, -0.05) is 24.3 Å². The lowest BCUT2D eigenvalue weighted by Gasteiger charge is -2.19. The number of benzene rings is 1. The highest BCUT2D eigenvalue weighted by Crippen LogP contribution is 2.22. The van der Waals surface area contributed by atoms with Crippen molar-refractivity contribution in [1.29, 1.82) is 0 Å². The van der Waals surface area contributed by atoms with E-state index < -0.39 is 0 Å². The van der Waals surface area contributed by atoms with Gasteiger partial charge in [0, 0.05) is 37.8 Å². The van der Waals surface area contributed by atoms with Gasteiger partial charge in [0.05, 0.1) is 0 Å². The summed E-state index contributed by atoms with van der Waals surface area (Å²) in [6.45, 7) is 2.13. The van der Waals surface area contributed by atoms with Gasteiger partial charge in [-0.2, -0.15) is 0 Å². The van der Waals surface area contributed by atoms with Crippen LogP contribution >= 0.6 is 0 Å². The van der Waals surface area contributed by atoms with E-state index in [1.807, 2.05) is 43.3 Å². The summed E-state index contributed by atoms with van der Waals surface area (Å²) < 4.78 is 5.50. The number of rotatable bonds is 6. The summed E-state index contributed by atoms with van der Waals surface area (Å²) in [5.74, 6) is 0.531. The molecule has 0 aromatic heterocycles. The van der Waals surface area contributed by atoms with E-state index in [9.17, 15) is 9.59 Å². The van der Waals surface area contributed by atoms with Gasteiger partial charge in [-0.3, -0.25) is 9.59 Å². The van der Waals surface area contributed by atoms with Gasteiger partial charge >= 0.3 is 0 Å². The number of hydrogen-bond acceptors (Lipinski definition) is 4. The SMILES string of the molecule is CN(C)C/C=C/C(=O)NCCN1Cc2ccccc2OCC1=O. The van der Waals surface area contributed by atoms with Crippen molar-refractivity contribution in [2.45, 2.75) is 6.54 Å². The van der Waals surface area contributed by atoms with Gasteiger partial charge in [0.15, 0.2) is 6.61 Å². The van der Waals surface area contributed by atoms with Crippen LogP contribution < -0.4 is 10.1 Å². The predicted molar refractivity (Wildman–Crippen MR) is 88.1 cm³/mol. The van der Waals surface area contributed by atoms with Crippen LogP contribution in [-0.2, 0) is 16.1 Å². The lowest BCUT2D eigenvalue weighted by Crippen LogP contribution is -2.38. The van der Waals surface area contributed by atoms with Gasteiger partial charge in [0.2, 0.25) is 5.91 Å². The van der Waals surface area contributed by atoms with E-state index in [0.717, 1.165) is 11.3 Å². The number of para-hydroxylation sites is 1. The Morgan fingerprint density at radius 1 is 1.39 bits per heavy atom. The zero-order valence-corrected chi connectivity index (χ0v) is 13.6. The molecule has 0 fully saturated rings. The maximum atomic E-state index is 12.1. The predicted octanol–water partition coefficient (Wildman–Crippen LogP) is 0.642. The van der Waals surface area contributed by atoms with Crippen LogP contribution in [0.25, 0.3) is 0 Å². The quantitative estimate of drug-likeness (QED) is 0.782. The van der Waals surface area contributed by atoms with E-state index in [0.29, 0.717) is 26.2 Å². The van der Waals surface area contributed by atoms with Gasteiger partial charge in [-0.25, -0.2) is 0 Å². The second kappa shape index (κ2) is 8.33. The van der Waals surface area contributed by atoms with Crippen molar-refractivity contribution in [3.63, 3.8) is 0 Å². The molecule has 124 valence electrons. The Hall–Kier alpha value is -2.34. The molecule has 0 spiro atoms. The van der Waals surface area contributed by atoms with Crippen LogP contribution in [0.1, 0.15) is 5.56 Å². The van der Waals surface area contributed by atoms with Crippen LogP contribution in [0.15, 0.2) is 36.4 Å². The molecule has 23 heavy (non-hydrogen) atoms. The molecule has 0 unspecified atom stereocenters. The summed E-state index contributed by atoms with van der Waals surface area (Å²) >= 11 is 0. The summed E-state index contributed by atoms with van der Waals surface area (Å²) in [5.41, 5.74) is 0.982. The zero-order chi connectivity index (χ0) is 16.7. The van der Waals surface area contributed by atoms with Crippen molar-refractivity contribution in [1.82, 2.24) is 15.1 Å². The van der Waals surface area contributed by atoms with Crippen LogP contribution in [0.5, 0.6) is 5.75 Å². The standard InChI is InChI=1S/C17H23N3O3/c1-19(2)10-5-8-16(21)18-9-11-20-12-14-6-3-4-7-15(14)23-13-17(20)22/h3-8H,9-13H2,1-2H3,(H,18,21)/b8-5+. The van der Waals surface area contributed by atoms with Crippen LogP contribution in [0, 0.1) is 0 Å². The first kappa shape index (κ1) is 17.0. The fourth-order valence-corrected chi connectivity index (χ4v) is 2.25. The van der Waals surface area contributed by atoms with Gasteiger partial charge in [-0.05, 0) is 20.2 Å². The number of carbonyl (C=O) groups excluding carboxylic acids is 2. The lowest BCUT2D eigenvalue weighted by atomic mass is 10.2. The molecular weight excluding hydrogens is 294 g/mol. The van der Waals surface area contributed by atoms with Crippen molar-refractivity contribution in [3.05, 3.63) is 42.0 Å². The highest BCUT2D eigenvalue weighted by molar-refractivity contribution is 5.87. The third-order valence-electron chi connectivity index (χ3n) is 3.46. The number of amides is 2. The molecule has 6 heteroatoms. The average Bonchev–Trinajstić information content (AvgIpc) is 2.67. The number of nitrogens with one attached hydrogen (secondary N) is 1. The van der Waals surface area contributed by atoms with E-state index in [1.165, 1.54) is 6.08 Å². The van der Waals surface area contributed by atoms with Crippen molar-refractivity contribution >= 4 is 11.8 Å². The van der Waals surface area contributed by atoms with E-state index in [4.69, 9.17) is 4.74 Å². The molecule has 0 saturated heterocycles. The monoisotopic (exact) mass is 317 g/mol. The smallest absolute Gasteiger partial charge is 0.260 e. The van der Waals surface area contributed by atoms with Crippen molar-refractivity contribution in [2.24, 2.45) is 0 Å². The molecule has 0 bridgehead atoms. The first-order valence-corrected chi connectivity index (χ1v) is 7.64. The third kappa shape index (κ3) is 5.41. The molecule has 0 saturated carbocycles. The Labute approximate surface area is 136 Å². The van der Waals surface area contributed by atoms with Crippen molar-refractivity contribution in [3.8, 4) is 5.75 Å². The van der Waals surface area contributed by atoms with Gasteiger partial charge < -0.3 is 19.9 Å². The minimum atomic E-state index is -0.147. The van der Waals surface area contributed by atoms with Crippen LogP contribution in [-0.4, -0.2) is 62.0 Å². The molecule has 0 aliphatic carbocycles. The fourth-order valence-electron chi connectivity index (χ4n) is 2.25. The minimum Gasteiger partial charge on any atom is -0.483 e. The Kier molecular flexibility index (Phi) is 6.17. The highest BCUT2D eigenvalue weighted by Gasteiger charge is 2.20. The molecular formula is C17H23N3O3. The molecule has 2 rings (SSSR count). The largest absolute Gasteiger partial charge is 0.483 e. The molecule has 1 aromatic rings. The van der Waals surface area contributed by atoms with E-state index in [-0.39, 0.29) is 18.4 Å². The van der Waals surface area contributed by atoms with Crippen LogP contribution in [0.2, 0.25) is 0 Å². The fraction of sp³-hybridized carbons (Fsp3) is 0.412. The van der Waals surface area contributed by atoms with E-state index >= 15 is 0 Å². The Morgan fingerprint density at radius 3 is 2.96 bits per heavy atom. The van der Waals surface area contributed by atoms with Crippen molar-refractivity contribution < 1.29 is 14.3 Å². The number of ether oxygens (including phenoxy) is 1. The molecule has 6 nitrogen and oxygen atoms in total. The first-order valence-electron chi connectivity index (χ1n) is 7.64. The summed E-state index contributed by atoms with van der Waals surface area (Å²) in [6, 6.07) is 7.62. The topological polar surface area (TPSA) is 61.9 Å². The number of hydrogen-bond donors (Lipinski definition) is 1. The van der Waals surface area contributed by atoms with Crippen molar-refractivity contribution in [2.75, 3.05) is 40.3 Å². The molecule has 1 aliphatic heterocycles. The summed E-state index contributed by atoms with van der Waals surface area (Å²) in [4.78, 5) is 27.4. The van der Waals surface area contributed by atoms with E-state index in [2.05, 4.69) is 5.32 Å². The first-order chi connectivity index (χ1) is 11.1. The number of carbonyl (C=O) groups is 2. The Balaban J connectivity index is 1.82. The average molecular weight is 317 g/mol. The molecule has 2 amide bonds. The van der Waals surface area contributed by atoms with Gasteiger partial charge in [0.25, 0.3) is 5.91 Å². The van der Waals surface area contributed by atoms with Gasteiger partial charge in [0.1, 0.15) is 5.75 Å². The van der Waals surface area contributed by atoms with E-state index in [1.54, 1.807) is 11.0 Å². The number of nitrogens with zero attached hydrogens (tertiary/aromatic N) is 2. The summed E-state index contributed by atoms with van der Waals surface area (Å²) in [7, 11) is 3.88. The molecule has 0 atom stereocenters. The third-order valence-corrected chi connectivity index (χ3v) is 3.46. The van der Waals surface area contributed by atoms with Gasteiger partial charge in [-0.15, -0.1) is 0 Å². The minimum absolute atomic E-state index is 0.0354.